The molecule has 1 fully saturated rings. The molecule has 1 aliphatic rings. The molecule has 0 aromatic rings. The van der Waals surface area contributed by atoms with Gasteiger partial charge in [0.15, 0.2) is 0 Å². The largest absolute Gasteiger partial charge is 0.481 e. The second-order valence-corrected chi connectivity index (χ2v) is 4.67. The van der Waals surface area contributed by atoms with Crippen molar-refractivity contribution in [2.75, 3.05) is 40.1 Å². The molecule has 0 aromatic carbocycles. The first-order valence-electron chi connectivity index (χ1n) is 6.16. The normalized spacial score (nSPS) is 25.9. The zero-order chi connectivity index (χ0) is 13.4. The van der Waals surface area contributed by atoms with Crippen molar-refractivity contribution in [1.82, 2.24) is 0 Å². The molecule has 1 rings (SSSR count). The van der Waals surface area contributed by atoms with E-state index in [1.807, 2.05) is 0 Å². The molecule has 0 amide bonds. The van der Waals surface area contributed by atoms with Gasteiger partial charge in [-0.3, -0.25) is 4.79 Å². The number of rotatable bonds is 8. The van der Waals surface area contributed by atoms with Crippen LogP contribution in [0.15, 0.2) is 0 Å². The average Bonchev–Trinajstić information content (AvgIpc) is 2.35. The van der Waals surface area contributed by atoms with E-state index in [0.717, 1.165) is 0 Å². The van der Waals surface area contributed by atoms with Crippen molar-refractivity contribution in [3.05, 3.63) is 0 Å². The molecule has 2 N–H and O–H groups in total. The Hall–Kier alpha value is -0.690. The van der Waals surface area contributed by atoms with Crippen molar-refractivity contribution >= 4 is 5.97 Å². The SMILES string of the molecule is COCCOCC(O)CC1(C(=O)O)CCCOC1. The molecule has 0 bridgehead atoms. The molecule has 0 radical (unpaired) electrons. The number of methoxy groups -OCH3 is 1. The smallest absolute Gasteiger partial charge is 0.312 e. The van der Waals surface area contributed by atoms with E-state index in [2.05, 4.69) is 0 Å². The van der Waals surface area contributed by atoms with Crippen molar-refractivity contribution in [3.8, 4) is 0 Å². The van der Waals surface area contributed by atoms with Gasteiger partial charge in [-0.1, -0.05) is 0 Å². The Morgan fingerprint density at radius 1 is 1.50 bits per heavy atom. The topological polar surface area (TPSA) is 85.2 Å². The van der Waals surface area contributed by atoms with Gasteiger partial charge in [0.2, 0.25) is 0 Å². The van der Waals surface area contributed by atoms with E-state index in [0.29, 0.717) is 32.7 Å². The molecule has 6 heteroatoms. The quantitative estimate of drug-likeness (QED) is 0.611. The molecule has 2 unspecified atom stereocenters. The maximum Gasteiger partial charge on any atom is 0.312 e. The minimum atomic E-state index is -0.970. The second kappa shape index (κ2) is 7.68. The van der Waals surface area contributed by atoms with Crippen molar-refractivity contribution < 1.29 is 29.2 Å². The second-order valence-electron chi connectivity index (χ2n) is 4.67. The van der Waals surface area contributed by atoms with E-state index in [1.54, 1.807) is 7.11 Å². The third-order valence-electron chi connectivity index (χ3n) is 3.14. The molecule has 106 valence electrons. The summed E-state index contributed by atoms with van der Waals surface area (Å²) in [6.07, 6.45) is 0.621. The highest BCUT2D eigenvalue weighted by atomic mass is 16.5. The van der Waals surface area contributed by atoms with Crippen LogP contribution in [0.5, 0.6) is 0 Å². The molecule has 1 aliphatic heterocycles. The summed E-state index contributed by atoms with van der Waals surface area (Å²) >= 11 is 0. The van der Waals surface area contributed by atoms with Gasteiger partial charge in [0.1, 0.15) is 0 Å². The first-order valence-corrected chi connectivity index (χ1v) is 6.16. The van der Waals surface area contributed by atoms with Gasteiger partial charge < -0.3 is 24.4 Å². The van der Waals surface area contributed by atoms with Gasteiger partial charge >= 0.3 is 5.97 Å². The Labute approximate surface area is 107 Å². The van der Waals surface area contributed by atoms with Crippen LogP contribution in [-0.2, 0) is 19.0 Å². The van der Waals surface area contributed by atoms with E-state index in [1.165, 1.54) is 0 Å². The van der Waals surface area contributed by atoms with Gasteiger partial charge in [0.25, 0.3) is 0 Å². The van der Waals surface area contributed by atoms with Crippen LogP contribution in [0.4, 0.5) is 0 Å². The Balaban J connectivity index is 2.38. The maximum absolute atomic E-state index is 11.3. The molecular weight excluding hydrogens is 240 g/mol. The average molecular weight is 262 g/mol. The van der Waals surface area contributed by atoms with E-state index in [-0.39, 0.29) is 19.6 Å². The molecule has 0 aliphatic carbocycles. The summed E-state index contributed by atoms with van der Waals surface area (Å²) < 4.78 is 15.2. The molecule has 2 atom stereocenters. The Morgan fingerprint density at radius 3 is 2.83 bits per heavy atom. The minimum Gasteiger partial charge on any atom is -0.481 e. The number of carboxylic acid groups (broad SMARTS) is 1. The van der Waals surface area contributed by atoms with Crippen LogP contribution < -0.4 is 0 Å². The van der Waals surface area contributed by atoms with Crippen molar-refractivity contribution in [1.29, 1.82) is 0 Å². The summed E-state index contributed by atoms with van der Waals surface area (Å²) in [5.74, 6) is -0.904. The van der Waals surface area contributed by atoms with Crippen LogP contribution >= 0.6 is 0 Å². The molecular formula is C12H22O6. The van der Waals surface area contributed by atoms with E-state index in [4.69, 9.17) is 14.2 Å². The zero-order valence-corrected chi connectivity index (χ0v) is 10.8. The highest BCUT2D eigenvalue weighted by molar-refractivity contribution is 5.75. The highest BCUT2D eigenvalue weighted by Crippen LogP contribution is 2.34. The number of hydrogen-bond donors (Lipinski definition) is 2. The molecule has 0 spiro atoms. The Kier molecular flexibility index (Phi) is 6.56. The molecule has 1 heterocycles. The van der Waals surface area contributed by atoms with Crippen LogP contribution in [0.1, 0.15) is 19.3 Å². The molecule has 18 heavy (non-hydrogen) atoms. The van der Waals surface area contributed by atoms with Crippen molar-refractivity contribution in [2.45, 2.75) is 25.4 Å². The number of aliphatic hydroxyl groups is 1. The van der Waals surface area contributed by atoms with Gasteiger partial charge in [-0.2, -0.15) is 0 Å². The van der Waals surface area contributed by atoms with Gasteiger partial charge in [-0.05, 0) is 19.3 Å². The summed E-state index contributed by atoms with van der Waals surface area (Å²) in [6.45, 7) is 1.73. The summed E-state index contributed by atoms with van der Waals surface area (Å²) in [5, 5.41) is 19.1. The predicted molar refractivity (Wildman–Crippen MR) is 63.4 cm³/mol. The third-order valence-corrected chi connectivity index (χ3v) is 3.14. The van der Waals surface area contributed by atoms with Crippen molar-refractivity contribution in [2.24, 2.45) is 5.41 Å². The van der Waals surface area contributed by atoms with Crippen LogP contribution in [0.3, 0.4) is 0 Å². The number of hydrogen-bond acceptors (Lipinski definition) is 5. The molecule has 0 aromatic heterocycles. The Bertz CT molecular complexity index is 249. The lowest BCUT2D eigenvalue weighted by molar-refractivity contribution is -0.161. The maximum atomic E-state index is 11.3. The number of carboxylic acids is 1. The standard InChI is InChI=1S/C12H22O6/c1-16-5-6-17-8-10(13)7-12(11(14)15)3-2-4-18-9-12/h10,13H,2-9H2,1H3,(H,14,15). The number of aliphatic carboxylic acids is 1. The van der Waals surface area contributed by atoms with Crippen LogP contribution in [0.25, 0.3) is 0 Å². The first kappa shape index (κ1) is 15.4. The third kappa shape index (κ3) is 4.53. The summed E-state index contributed by atoms with van der Waals surface area (Å²) in [7, 11) is 1.57. The van der Waals surface area contributed by atoms with Gasteiger partial charge in [0, 0.05) is 13.7 Å². The van der Waals surface area contributed by atoms with Gasteiger partial charge in [-0.25, -0.2) is 0 Å². The van der Waals surface area contributed by atoms with Gasteiger partial charge in [0.05, 0.1) is 37.9 Å². The summed E-state index contributed by atoms with van der Waals surface area (Å²) in [6, 6.07) is 0. The Morgan fingerprint density at radius 2 is 2.28 bits per heavy atom. The van der Waals surface area contributed by atoms with E-state index < -0.39 is 17.5 Å². The highest BCUT2D eigenvalue weighted by Gasteiger charge is 2.42. The predicted octanol–water partition coefficient (Wildman–Crippen LogP) is 0.282. The van der Waals surface area contributed by atoms with Crippen molar-refractivity contribution in [3.63, 3.8) is 0 Å². The summed E-state index contributed by atoms with van der Waals surface area (Å²) in [4.78, 5) is 11.3. The molecule has 1 saturated heterocycles. The van der Waals surface area contributed by atoms with Crippen LogP contribution in [0.2, 0.25) is 0 Å². The molecule has 6 nitrogen and oxygen atoms in total. The lowest BCUT2D eigenvalue weighted by Gasteiger charge is -2.34. The summed E-state index contributed by atoms with van der Waals surface area (Å²) in [5.41, 5.74) is -0.970. The van der Waals surface area contributed by atoms with Gasteiger partial charge in [-0.15, -0.1) is 0 Å². The number of carbonyl (C=O) groups is 1. The molecule has 0 saturated carbocycles. The lowest BCUT2D eigenvalue weighted by atomic mass is 9.78. The number of ether oxygens (including phenoxy) is 3. The van der Waals surface area contributed by atoms with E-state index in [9.17, 15) is 15.0 Å². The monoisotopic (exact) mass is 262 g/mol. The van der Waals surface area contributed by atoms with Crippen LogP contribution in [-0.4, -0.2) is 62.4 Å². The first-order chi connectivity index (χ1) is 8.60. The zero-order valence-electron chi connectivity index (χ0n) is 10.8. The lowest BCUT2D eigenvalue weighted by Crippen LogP contribution is -2.42. The minimum absolute atomic E-state index is 0.123. The van der Waals surface area contributed by atoms with E-state index >= 15 is 0 Å². The van der Waals surface area contributed by atoms with Crippen LogP contribution in [0, 0.1) is 5.41 Å². The fourth-order valence-corrected chi connectivity index (χ4v) is 2.14. The fourth-order valence-electron chi connectivity index (χ4n) is 2.14. The fraction of sp³-hybridized carbons (Fsp3) is 0.917. The number of aliphatic hydroxyl groups excluding tert-OH is 1.